The number of nitrogens with zero attached hydrogens (tertiary/aromatic N) is 2. The van der Waals surface area contributed by atoms with Gasteiger partial charge in [0.15, 0.2) is 11.9 Å². The Balaban J connectivity index is 1.22. The number of nitrogens with one attached hydrogen (secondary N) is 1. The summed E-state index contributed by atoms with van der Waals surface area (Å²) < 4.78 is 11.8. The first-order valence-corrected chi connectivity index (χ1v) is 10.3. The van der Waals surface area contributed by atoms with E-state index in [9.17, 15) is 4.79 Å². The van der Waals surface area contributed by atoms with E-state index in [4.69, 9.17) is 15.2 Å². The molecule has 0 radical (unpaired) electrons. The van der Waals surface area contributed by atoms with Crippen molar-refractivity contribution in [1.29, 1.82) is 0 Å². The Bertz CT molecular complexity index is 874. The molecule has 1 aromatic heterocycles. The SMILES string of the molecule is NC(=O)NC1C[C@H]2CC[C@@H](C1)N2Cc1ccc([C@H]2COc3cccnc3O2)cc1. The molecule has 1 unspecified atom stereocenters. The molecule has 0 spiro atoms. The van der Waals surface area contributed by atoms with Crippen LogP contribution >= 0.6 is 0 Å². The molecule has 4 atom stereocenters. The summed E-state index contributed by atoms with van der Waals surface area (Å²) in [6.07, 6.45) is 5.93. The second-order valence-electron chi connectivity index (χ2n) is 8.20. The number of amides is 2. The number of aromatic nitrogens is 1. The second kappa shape index (κ2) is 7.55. The number of urea groups is 1. The Labute approximate surface area is 170 Å². The molecule has 2 fully saturated rings. The highest BCUT2D eigenvalue weighted by Gasteiger charge is 2.40. The Morgan fingerprint density at radius 1 is 1.17 bits per heavy atom. The van der Waals surface area contributed by atoms with Crippen LogP contribution in [-0.4, -0.2) is 40.6 Å². The zero-order chi connectivity index (χ0) is 19.8. The quantitative estimate of drug-likeness (QED) is 0.832. The van der Waals surface area contributed by atoms with E-state index in [1.54, 1.807) is 6.20 Å². The van der Waals surface area contributed by atoms with Gasteiger partial charge in [-0.25, -0.2) is 9.78 Å². The van der Waals surface area contributed by atoms with E-state index in [0.29, 0.717) is 30.3 Å². The maximum Gasteiger partial charge on any atom is 0.312 e. The van der Waals surface area contributed by atoms with Gasteiger partial charge in [0, 0.05) is 30.9 Å². The average molecular weight is 394 g/mol. The van der Waals surface area contributed by atoms with Crippen LogP contribution in [-0.2, 0) is 6.54 Å². The van der Waals surface area contributed by atoms with Crippen molar-refractivity contribution in [2.75, 3.05) is 6.61 Å². The van der Waals surface area contributed by atoms with Crippen LogP contribution in [0, 0.1) is 0 Å². The highest BCUT2D eigenvalue weighted by atomic mass is 16.6. The fourth-order valence-corrected chi connectivity index (χ4v) is 4.97. The van der Waals surface area contributed by atoms with Crippen LogP contribution < -0.4 is 20.5 Å². The molecule has 152 valence electrons. The minimum Gasteiger partial charge on any atom is -0.484 e. The molecule has 0 saturated carbocycles. The largest absolute Gasteiger partial charge is 0.484 e. The first-order valence-electron chi connectivity index (χ1n) is 10.3. The van der Waals surface area contributed by atoms with Gasteiger partial charge in [0.05, 0.1) is 0 Å². The van der Waals surface area contributed by atoms with E-state index in [0.717, 1.165) is 24.9 Å². The summed E-state index contributed by atoms with van der Waals surface area (Å²) in [6.45, 7) is 1.42. The molecular formula is C22H26N4O3. The molecule has 29 heavy (non-hydrogen) atoms. The minimum atomic E-state index is -0.412. The number of pyridine rings is 1. The topological polar surface area (TPSA) is 89.7 Å². The maximum atomic E-state index is 11.2. The van der Waals surface area contributed by atoms with Crippen LogP contribution in [0.3, 0.4) is 0 Å². The first kappa shape index (κ1) is 18.2. The number of hydrogen-bond donors (Lipinski definition) is 2. The molecule has 2 amide bonds. The van der Waals surface area contributed by atoms with E-state index >= 15 is 0 Å². The molecule has 7 heteroatoms. The van der Waals surface area contributed by atoms with Crippen molar-refractivity contribution in [2.45, 2.75) is 56.5 Å². The van der Waals surface area contributed by atoms with Gasteiger partial charge in [-0.15, -0.1) is 0 Å². The summed E-state index contributed by atoms with van der Waals surface area (Å²) in [5.41, 5.74) is 7.70. The molecule has 4 heterocycles. The Morgan fingerprint density at radius 3 is 2.66 bits per heavy atom. The monoisotopic (exact) mass is 394 g/mol. The van der Waals surface area contributed by atoms with Crippen LogP contribution in [0.2, 0.25) is 0 Å². The summed E-state index contributed by atoms with van der Waals surface area (Å²) in [5.74, 6) is 1.25. The summed E-state index contributed by atoms with van der Waals surface area (Å²) >= 11 is 0. The number of fused-ring (bicyclic) bond motifs is 3. The molecule has 3 aliphatic rings. The number of primary amides is 1. The molecule has 2 bridgehead atoms. The number of carbonyl (C=O) groups excluding carboxylic acids is 1. The third-order valence-corrected chi connectivity index (χ3v) is 6.33. The number of hydrogen-bond acceptors (Lipinski definition) is 5. The lowest BCUT2D eigenvalue weighted by Crippen LogP contribution is -2.51. The first-order chi connectivity index (χ1) is 14.2. The van der Waals surface area contributed by atoms with Crippen molar-refractivity contribution in [3.63, 3.8) is 0 Å². The Kier molecular flexibility index (Phi) is 4.75. The maximum absolute atomic E-state index is 11.2. The predicted octanol–water partition coefficient (Wildman–Crippen LogP) is 2.76. The molecule has 2 aromatic rings. The molecule has 1 aromatic carbocycles. The Hall–Kier alpha value is -2.80. The van der Waals surface area contributed by atoms with E-state index in [2.05, 4.69) is 39.5 Å². The van der Waals surface area contributed by atoms with E-state index < -0.39 is 6.03 Å². The standard InChI is InChI=1S/C22H26N4O3/c23-22(27)25-16-10-17-7-8-18(11-16)26(17)12-14-3-5-15(6-4-14)20-13-28-19-2-1-9-24-21(19)29-20/h1-6,9,16-18,20H,7-8,10-13H2,(H3,23,25,27)/t16?,17-,18+,20-/m1/s1. The molecule has 3 N–H and O–H groups in total. The van der Waals surface area contributed by atoms with Crippen molar-refractivity contribution in [3.05, 3.63) is 53.7 Å². The number of piperidine rings is 1. The van der Waals surface area contributed by atoms with Gasteiger partial charge in [0.2, 0.25) is 0 Å². The van der Waals surface area contributed by atoms with Gasteiger partial charge in [-0.3, -0.25) is 4.90 Å². The van der Waals surface area contributed by atoms with Crippen LogP contribution in [0.1, 0.15) is 42.9 Å². The molecule has 2 saturated heterocycles. The van der Waals surface area contributed by atoms with Gasteiger partial charge in [-0.05, 0) is 48.9 Å². The lowest BCUT2D eigenvalue weighted by Gasteiger charge is -2.39. The van der Waals surface area contributed by atoms with Crippen molar-refractivity contribution < 1.29 is 14.3 Å². The minimum absolute atomic E-state index is 0.141. The molecular weight excluding hydrogens is 368 g/mol. The van der Waals surface area contributed by atoms with Gasteiger partial charge in [0.25, 0.3) is 5.88 Å². The number of nitrogens with two attached hydrogens (primary N) is 1. The summed E-state index contributed by atoms with van der Waals surface area (Å²) in [4.78, 5) is 18.0. The van der Waals surface area contributed by atoms with Gasteiger partial charge in [-0.1, -0.05) is 24.3 Å². The van der Waals surface area contributed by atoms with Gasteiger partial charge < -0.3 is 20.5 Å². The van der Waals surface area contributed by atoms with E-state index in [1.165, 1.54) is 18.4 Å². The van der Waals surface area contributed by atoms with Crippen molar-refractivity contribution in [1.82, 2.24) is 15.2 Å². The van der Waals surface area contributed by atoms with Crippen LogP contribution in [0.5, 0.6) is 11.6 Å². The lowest BCUT2D eigenvalue weighted by molar-refractivity contribution is 0.0850. The second-order valence-corrected chi connectivity index (χ2v) is 8.20. The normalized spacial score (nSPS) is 28.1. The lowest BCUT2D eigenvalue weighted by atomic mass is 9.96. The molecule has 3 aliphatic heterocycles. The van der Waals surface area contributed by atoms with Gasteiger partial charge in [-0.2, -0.15) is 0 Å². The number of ether oxygens (including phenoxy) is 2. The number of benzene rings is 1. The fraction of sp³-hybridized carbons (Fsp3) is 0.455. The van der Waals surface area contributed by atoms with Crippen molar-refractivity contribution >= 4 is 6.03 Å². The summed E-state index contributed by atoms with van der Waals surface area (Å²) in [6, 6.07) is 13.2. The average Bonchev–Trinajstić information content (AvgIpc) is 2.95. The Morgan fingerprint density at radius 2 is 1.93 bits per heavy atom. The third kappa shape index (κ3) is 3.74. The fourth-order valence-electron chi connectivity index (χ4n) is 4.97. The zero-order valence-electron chi connectivity index (χ0n) is 16.3. The van der Waals surface area contributed by atoms with E-state index in [-0.39, 0.29) is 12.1 Å². The summed E-state index contributed by atoms with van der Waals surface area (Å²) in [7, 11) is 0. The van der Waals surface area contributed by atoms with E-state index in [1.807, 2.05) is 12.1 Å². The van der Waals surface area contributed by atoms with Crippen LogP contribution in [0.4, 0.5) is 4.79 Å². The number of carbonyl (C=O) groups is 1. The van der Waals surface area contributed by atoms with Crippen molar-refractivity contribution in [3.8, 4) is 11.6 Å². The van der Waals surface area contributed by atoms with Gasteiger partial charge in [0.1, 0.15) is 6.61 Å². The molecule has 7 nitrogen and oxygen atoms in total. The van der Waals surface area contributed by atoms with Crippen molar-refractivity contribution in [2.24, 2.45) is 5.73 Å². The summed E-state index contributed by atoms with van der Waals surface area (Å²) in [5, 5.41) is 2.90. The highest BCUT2D eigenvalue weighted by molar-refractivity contribution is 5.72. The predicted molar refractivity (Wildman–Crippen MR) is 108 cm³/mol. The molecule has 0 aliphatic carbocycles. The molecule has 5 rings (SSSR count). The van der Waals surface area contributed by atoms with Gasteiger partial charge >= 0.3 is 6.03 Å². The number of rotatable bonds is 4. The van der Waals surface area contributed by atoms with Crippen LogP contribution in [0.25, 0.3) is 0 Å². The smallest absolute Gasteiger partial charge is 0.312 e. The zero-order valence-corrected chi connectivity index (χ0v) is 16.3. The third-order valence-electron chi connectivity index (χ3n) is 6.33. The highest BCUT2D eigenvalue weighted by Crippen LogP contribution is 2.37. The van der Waals surface area contributed by atoms with Crippen LogP contribution in [0.15, 0.2) is 42.6 Å².